The van der Waals surface area contributed by atoms with E-state index in [2.05, 4.69) is 12.1 Å². The molecular formula is C20H30O3. The van der Waals surface area contributed by atoms with Crippen LogP contribution in [0.2, 0.25) is 0 Å². The normalized spacial score (nSPS) is 11.0. The second-order valence-corrected chi connectivity index (χ2v) is 5.60. The van der Waals surface area contributed by atoms with Crippen LogP contribution >= 0.6 is 0 Å². The molecule has 23 heavy (non-hydrogen) atoms. The number of esters is 1. The van der Waals surface area contributed by atoms with Crippen LogP contribution in [0.3, 0.4) is 0 Å². The molecule has 0 heterocycles. The predicted molar refractivity (Wildman–Crippen MR) is 94.2 cm³/mol. The fourth-order valence-corrected chi connectivity index (χ4v) is 2.31. The van der Waals surface area contributed by atoms with Crippen LogP contribution in [0, 0.1) is 0 Å². The Hall–Kier alpha value is -1.61. The summed E-state index contributed by atoms with van der Waals surface area (Å²) < 4.78 is 10.5. The number of benzene rings is 1. The van der Waals surface area contributed by atoms with Gasteiger partial charge in [-0.3, -0.25) is 0 Å². The molecule has 0 aromatic heterocycles. The first-order valence-corrected chi connectivity index (χ1v) is 8.78. The van der Waals surface area contributed by atoms with Gasteiger partial charge in [0.2, 0.25) is 0 Å². The molecule has 3 heteroatoms. The van der Waals surface area contributed by atoms with Gasteiger partial charge in [-0.1, -0.05) is 62.1 Å². The lowest BCUT2D eigenvalue weighted by molar-refractivity contribution is -0.137. The molecule has 1 aromatic carbocycles. The van der Waals surface area contributed by atoms with Gasteiger partial charge in [0.1, 0.15) is 0 Å². The van der Waals surface area contributed by atoms with E-state index >= 15 is 0 Å². The summed E-state index contributed by atoms with van der Waals surface area (Å²) in [6, 6.07) is 10.3. The molecule has 3 nitrogen and oxygen atoms in total. The summed E-state index contributed by atoms with van der Waals surface area (Å²) >= 11 is 0. The number of ether oxygens (including phenoxy) is 2. The van der Waals surface area contributed by atoms with Crippen LogP contribution in [0.5, 0.6) is 0 Å². The summed E-state index contributed by atoms with van der Waals surface area (Å²) in [5.74, 6) is -0.233. The summed E-state index contributed by atoms with van der Waals surface area (Å²) in [4.78, 5) is 11.1. The van der Waals surface area contributed by atoms with Crippen molar-refractivity contribution in [3.63, 3.8) is 0 Å². The highest BCUT2D eigenvalue weighted by Crippen LogP contribution is 2.08. The third kappa shape index (κ3) is 11.6. The van der Waals surface area contributed by atoms with Crippen molar-refractivity contribution in [1.29, 1.82) is 0 Å². The molecule has 1 rings (SSSR count). The minimum atomic E-state index is -0.233. The lowest BCUT2D eigenvalue weighted by Crippen LogP contribution is -1.98. The van der Waals surface area contributed by atoms with Gasteiger partial charge in [-0.2, -0.15) is 0 Å². The monoisotopic (exact) mass is 318 g/mol. The van der Waals surface area contributed by atoms with Gasteiger partial charge in [-0.05, 0) is 31.7 Å². The molecule has 0 saturated carbocycles. The van der Waals surface area contributed by atoms with Gasteiger partial charge in [-0.25, -0.2) is 4.79 Å². The number of unbranched alkanes of at least 4 members (excludes halogenated alkanes) is 6. The van der Waals surface area contributed by atoms with Crippen molar-refractivity contribution in [2.75, 3.05) is 13.2 Å². The maximum absolute atomic E-state index is 11.1. The Labute approximate surface area is 140 Å². The van der Waals surface area contributed by atoms with E-state index < -0.39 is 0 Å². The quantitative estimate of drug-likeness (QED) is 0.290. The smallest absolute Gasteiger partial charge is 0.330 e. The molecule has 0 atom stereocenters. The highest BCUT2D eigenvalue weighted by molar-refractivity contribution is 5.81. The lowest BCUT2D eigenvalue weighted by atomic mass is 10.1. The average molecular weight is 318 g/mol. The number of rotatable bonds is 13. The maximum Gasteiger partial charge on any atom is 0.330 e. The van der Waals surface area contributed by atoms with Gasteiger partial charge in [-0.15, -0.1) is 0 Å². The minimum Gasteiger partial charge on any atom is -0.463 e. The lowest BCUT2D eigenvalue weighted by Gasteiger charge is -2.04. The van der Waals surface area contributed by atoms with Crippen LogP contribution in [-0.2, 0) is 20.9 Å². The molecule has 0 unspecified atom stereocenters. The molecule has 0 aliphatic heterocycles. The zero-order chi connectivity index (χ0) is 16.6. The van der Waals surface area contributed by atoms with E-state index in [9.17, 15) is 4.79 Å². The number of allylic oxidation sites excluding steroid dienone is 1. The fraction of sp³-hybridized carbons (Fsp3) is 0.550. The summed E-state index contributed by atoms with van der Waals surface area (Å²) in [6.07, 6.45) is 11.6. The van der Waals surface area contributed by atoms with Crippen LogP contribution in [-0.4, -0.2) is 19.2 Å². The van der Waals surface area contributed by atoms with Crippen molar-refractivity contribution < 1.29 is 14.3 Å². The van der Waals surface area contributed by atoms with Crippen LogP contribution in [0.4, 0.5) is 0 Å². The van der Waals surface area contributed by atoms with Gasteiger partial charge < -0.3 is 9.47 Å². The molecule has 0 N–H and O–H groups in total. The van der Waals surface area contributed by atoms with Crippen LogP contribution in [0.25, 0.3) is 0 Å². The maximum atomic E-state index is 11.1. The molecule has 0 amide bonds. The second-order valence-electron chi connectivity index (χ2n) is 5.60. The number of hydrogen-bond acceptors (Lipinski definition) is 3. The largest absolute Gasteiger partial charge is 0.463 e. The first kappa shape index (κ1) is 19.4. The SMILES string of the molecule is CCOC(=O)/C=C/CCCCCCCCOCc1ccccc1. The molecule has 0 fully saturated rings. The van der Waals surface area contributed by atoms with E-state index in [1.807, 2.05) is 31.2 Å². The standard InChI is InChI=1S/C20H30O3/c1-2-23-20(21)16-12-7-5-3-4-6-8-13-17-22-18-19-14-10-9-11-15-19/h9-12,14-16H,2-8,13,17-18H2,1H3/b16-12+. The third-order valence-electron chi connectivity index (χ3n) is 3.56. The molecule has 0 saturated heterocycles. The topological polar surface area (TPSA) is 35.5 Å². The predicted octanol–water partition coefficient (Wildman–Crippen LogP) is 5.05. The van der Waals surface area contributed by atoms with E-state index in [1.165, 1.54) is 37.3 Å². The first-order valence-electron chi connectivity index (χ1n) is 8.78. The Bertz CT molecular complexity index is 426. The zero-order valence-corrected chi connectivity index (χ0v) is 14.3. The van der Waals surface area contributed by atoms with Gasteiger partial charge >= 0.3 is 5.97 Å². The van der Waals surface area contributed by atoms with Crippen molar-refractivity contribution in [3.05, 3.63) is 48.0 Å². The first-order chi connectivity index (χ1) is 11.3. The summed E-state index contributed by atoms with van der Waals surface area (Å²) in [5, 5.41) is 0. The van der Waals surface area contributed by atoms with Gasteiger partial charge in [0, 0.05) is 12.7 Å². The third-order valence-corrected chi connectivity index (χ3v) is 3.56. The van der Waals surface area contributed by atoms with Gasteiger partial charge in [0.05, 0.1) is 13.2 Å². The van der Waals surface area contributed by atoms with Crippen LogP contribution < -0.4 is 0 Å². The molecule has 0 aliphatic rings. The Kier molecular flexibility index (Phi) is 11.8. The second kappa shape index (κ2) is 14.0. The molecule has 1 aromatic rings. The average Bonchev–Trinajstić information content (AvgIpc) is 2.57. The van der Waals surface area contributed by atoms with E-state index in [-0.39, 0.29) is 5.97 Å². The van der Waals surface area contributed by atoms with Crippen molar-refractivity contribution in [2.24, 2.45) is 0 Å². The van der Waals surface area contributed by atoms with Crippen LogP contribution in [0.15, 0.2) is 42.5 Å². The minimum absolute atomic E-state index is 0.233. The Balaban J connectivity index is 1.82. The van der Waals surface area contributed by atoms with E-state index in [1.54, 1.807) is 0 Å². The van der Waals surface area contributed by atoms with E-state index in [0.29, 0.717) is 13.2 Å². The van der Waals surface area contributed by atoms with Crippen LogP contribution in [0.1, 0.15) is 57.4 Å². The molecule has 0 spiro atoms. The zero-order valence-electron chi connectivity index (χ0n) is 14.3. The van der Waals surface area contributed by atoms with Crippen molar-refractivity contribution >= 4 is 5.97 Å². The molecule has 0 radical (unpaired) electrons. The number of hydrogen-bond donors (Lipinski definition) is 0. The van der Waals surface area contributed by atoms with E-state index in [0.717, 1.165) is 25.9 Å². The number of carbonyl (C=O) groups is 1. The fourth-order valence-electron chi connectivity index (χ4n) is 2.31. The van der Waals surface area contributed by atoms with Gasteiger partial charge in [0.15, 0.2) is 0 Å². The molecular weight excluding hydrogens is 288 g/mol. The van der Waals surface area contributed by atoms with Crippen molar-refractivity contribution in [3.8, 4) is 0 Å². The summed E-state index contributed by atoms with van der Waals surface area (Å²) in [7, 11) is 0. The Morgan fingerprint density at radius 1 is 1.00 bits per heavy atom. The number of carbonyl (C=O) groups excluding carboxylic acids is 1. The van der Waals surface area contributed by atoms with Crippen molar-refractivity contribution in [2.45, 2.75) is 58.5 Å². The van der Waals surface area contributed by atoms with E-state index in [4.69, 9.17) is 9.47 Å². The Morgan fingerprint density at radius 3 is 2.43 bits per heavy atom. The summed E-state index contributed by atoms with van der Waals surface area (Å²) in [5.41, 5.74) is 1.24. The Morgan fingerprint density at radius 2 is 1.70 bits per heavy atom. The van der Waals surface area contributed by atoms with Crippen molar-refractivity contribution in [1.82, 2.24) is 0 Å². The molecule has 0 bridgehead atoms. The molecule has 128 valence electrons. The van der Waals surface area contributed by atoms with Gasteiger partial charge in [0.25, 0.3) is 0 Å². The summed E-state index contributed by atoms with van der Waals surface area (Å²) in [6.45, 7) is 3.82. The highest BCUT2D eigenvalue weighted by Gasteiger charge is 1.95. The molecule has 0 aliphatic carbocycles. The highest BCUT2D eigenvalue weighted by atomic mass is 16.5.